The topological polar surface area (TPSA) is 47.6 Å². The van der Waals surface area contributed by atoms with Gasteiger partial charge in [-0.3, -0.25) is 0 Å². The van der Waals surface area contributed by atoms with Gasteiger partial charge in [0.05, 0.1) is 20.3 Å². The smallest absolute Gasteiger partial charge is 0.333 e. The standard InChI is InChI=1S/C9H15NO3/c1-7(9(11)12-2)5-8-6-13-4-3-10-8/h5,8,10H,3-4,6H2,1-2H3/b7-5+. The second-order valence-electron chi connectivity index (χ2n) is 2.98. The number of methoxy groups -OCH3 is 1. The predicted octanol–water partition coefficient (Wildman–Crippen LogP) is 0.0941. The maximum atomic E-state index is 11.0. The van der Waals surface area contributed by atoms with Crippen molar-refractivity contribution in [2.75, 3.05) is 26.9 Å². The van der Waals surface area contributed by atoms with Crippen LogP contribution in [0.5, 0.6) is 0 Å². The summed E-state index contributed by atoms with van der Waals surface area (Å²) >= 11 is 0. The first-order chi connectivity index (χ1) is 6.24. The van der Waals surface area contributed by atoms with E-state index in [-0.39, 0.29) is 12.0 Å². The Balaban J connectivity index is 2.47. The second-order valence-corrected chi connectivity index (χ2v) is 2.98. The molecule has 4 heteroatoms. The summed E-state index contributed by atoms with van der Waals surface area (Å²) in [5, 5.41) is 3.22. The highest BCUT2D eigenvalue weighted by atomic mass is 16.5. The van der Waals surface area contributed by atoms with Crippen LogP contribution in [0.4, 0.5) is 0 Å². The van der Waals surface area contributed by atoms with Crippen molar-refractivity contribution in [3.05, 3.63) is 11.6 Å². The van der Waals surface area contributed by atoms with Crippen molar-refractivity contribution in [2.45, 2.75) is 13.0 Å². The fraction of sp³-hybridized carbons (Fsp3) is 0.667. The Labute approximate surface area is 77.9 Å². The van der Waals surface area contributed by atoms with Gasteiger partial charge >= 0.3 is 5.97 Å². The number of rotatable bonds is 2. The molecule has 4 nitrogen and oxygen atoms in total. The zero-order chi connectivity index (χ0) is 9.68. The molecule has 1 saturated heterocycles. The molecule has 1 aliphatic heterocycles. The first kappa shape index (κ1) is 10.2. The molecule has 0 saturated carbocycles. The minimum absolute atomic E-state index is 0.132. The molecule has 1 N–H and O–H groups in total. The number of carbonyl (C=O) groups is 1. The molecule has 1 unspecified atom stereocenters. The van der Waals surface area contributed by atoms with Gasteiger partial charge in [0.15, 0.2) is 0 Å². The Morgan fingerprint density at radius 1 is 1.69 bits per heavy atom. The monoisotopic (exact) mass is 185 g/mol. The number of nitrogens with one attached hydrogen (secondary N) is 1. The lowest BCUT2D eigenvalue weighted by atomic mass is 10.2. The molecule has 0 aromatic carbocycles. The predicted molar refractivity (Wildman–Crippen MR) is 48.4 cm³/mol. The summed E-state index contributed by atoms with van der Waals surface area (Å²) in [6.45, 7) is 3.92. The Bertz CT molecular complexity index is 207. The maximum absolute atomic E-state index is 11.0. The molecule has 0 bridgehead atoms. The van der Waals surface area contributed by atoms with Crippen molar-refractivity contribution in [2.24, 2.45) is 0 Å². The average molecular weight is 185 g/mol. The molecule has 0 aromatic heterocycles. The van der Waals surface area contributed by atoms with E-state index in [1.54, 1.807) is 6.92 Å². The number of esters is 1. The van der Waals surface area contributed by atoms with Crippen molar-refractivity contribution >= 4 is 5.97 Å². The van der Waals surface area contributed by atoms with E-state index in [0.29, 0.717) is 12.2 Å². The fourth-order valence-electron chi connectivity index (χ4n) is 1.22. The molecule has 1 rings (SSSR count). The van der Waals surface area contributed by atoms with Crippen LogP contribution in [0.3, 0.4) is 0 Å². The van der Waals surface area contributed by atoms with Crippen molar-refractivity contribution in [1.82, 2.24) is 5.32 Å². The molecule has 0 amide bonds. The highest BCUT2D eigenvalue weighted by Crippen LogP contribution is 2.01. The van der Waals surface area contributed by atoms with Gasteiger partial charge < -0.3 is 14.8 Å². The van der Waals surface area contributed by atoms with Crippen LogP contribution in [0.2, 0.25) is 0 Å². The molecule has 0 aliphatic carbocycles. The second kappa shape index (κ2) is 4.99. The molecule has 0 aromatic rings. The molecule has 0 radical (unpaired) electrons. The van der Waals surface area contributed by atoms with Crippen LogP contribution in [-0.4, -0.2) is 38.9 Å². The lowest BCUT2D eigenvalue weighted by Crippen LogP contribution is -2.40. The van der Waals surface area contributed by atoms with Crippen molar-refractivity contribution in [3.63, 3.8) is 0 Å². The van der Waals surface area contributed by atoms with Gasteiger partial charge in [-0.05, 0) is 6.92 Å². The van der Waals surface area contributed by atoms with E-state index in [2.05, 4.69) is 10.1 Å². The van der Waals surface area contributed by atoms with Crippen LogP contribution in [0.25, 0.3) is 0 Å². The Morgan fingerprint density at radius 3 is 3.00 bits per heavy atom. The average Bonchev–Trinajstić information content (AvgIpc) is 2.18. The van der Waals surface area contributed by atoms with E-state index in [9.17, 15) is 4.79 Å². The van der Waals surface area contributed by atoms with E-state index in [0.717, 1.165) is 13.2 Å². The van der Waals surface area contributed by atoms with Crippen LogP contribution in [0.1, 0.15) is 6.92 Å². The third kappa shape index (κ3) is 3.16. The summed E-state index contributed by atoms with van der Waals surface area (Å²) in [5.41, 5.74) is 0.616. The fourth-order valence-corrected chi connectivity index (χ4v) is 1.22. The lowest BCUT2D eigenvalue weighted by molar-refractivity contribution is -0.136. The summed E-state index contributed by atoms with van der Waals surface area (Å²) in [7, 11) is 1.38. The minimum atomic E-state index is -0.285. The molecule has 1 aliphatic rings. The van der Waals surface area contributed by atoms with Gasteiger partial charge in [-0.15, -0.1) is 0 Å². The van der Waals surface area contributed by atoms with Gasteiger partial charge in [-0.25, -0.2) is 4.79 Å². The zero-order valence-electron chi connectivity index (χ0n) is 8.00. The number of hydrogen-bond acceptors (Lipinski definition) is 4. The van der Waals surface area contributed by atoms with Crippen molar-refractivity contribution in [3.8, 4) is 0 Å². The third-order valence-electron chi connectivity index (χ3n) is 1.91. The Morgan fingerprint density at radius 2 is 2.46 bits per heavy atom. The first-order valence-electron chi connectivity index (χ1n) is 4.32. The van der Waals surface area contributed by atoms with E-state index < -0.39 is 0 Å². The molecule has 0 spiro atoms. The van der Waals surface area contributed by atoms with Gasteiger partial charge in [0.1, 0.15) is 0 Å². The van der Waals surface area contributed by atoms with Crippen LogP contribution < -0.4 is 5.32 Å². The summed E-state index contributed by atoms with van der Waals surface area (Å²) < 4.78 is 9.81. The minimum Gasteiger partial charge on any atom is -0.466 e. The summed E-state index contributed by atoms with van der Waals surface area (Å²) in [5.74, 6) is -0.285. The molecule has 74 valence electrons. The number of ether oxygens (including phenoxy) is 2. The highest BCUT2D eigenvalue weighted by molar-refractivity contribution is 5.87. The zero-order valence-corrected chi connectivity index (χ0v) is 8.00. The van der Waals surface area contributed by atoms with Gasteiger partial charge in [0.2, 0.25) is 0 Å². The first-order valence-corrected chi connectivity index (χ1v) is 4.32. The van der Waals surface area contributed by atoms with Crippen LogP contribution >= 0.6 is 0 Å². The largest absolute Gasteiger partial charge is 0.466 e. The normalized spacial score (nSPS) is 24.2. The number of carbonyl (C=O) groups excluding carboxylic acids is 1. The van der Waals surface area contributed by atoms with E-state index in [1.807, 2.05) is 6.08 Å². The number of hydrogen-bond donors (Lipinski definition) is 1. The summed E-state index contributed by atoms with van der Waals surface area (Å²) in [6, 6.07) is 0.132. The third-order valence-corrected chi connectivity index (χ3v) is 1.91. The molecular formula is C9H15NO3. The quantitative estimate of drug-likeness (QED) is 0.489. The van der Waals surface area contributed by atoms with Crippen molar-refractivity contribution < 1.29 is 14.3 Å². The Hall–Kier alpha value is -0.870. The molecule has 1 heterocycles. The van der Waals surface area contributed by atoms with Gasteiger partial charge in [-0.2, -0.15) is 0 Å². The lowest BCUT2D eigenvalue weighted by Gasteiger charge is -2.21. The summed E-state index contributed by atoms with van der Waals surface area (Å²) in [4.78, 5) is 11.0. The molecule has 13 heavy (non-hydrogen) atoms. The molecule has 1 fully saturated rings. The van der Waals surface area contributed by atoms with Gasteiger partial charge in [-0.1, -0.05) is 6.08 Å². The van der Waals surface area contributed by atoms with E-state index in [1.165, 1.54) is 7.11 Å². The van der Waals surface area contributed by atoms with Gasteiger partial charge in [0, 0.05) is 18.2 Å². The van der Waals surface area contributed by atoms with Crippen LogP contribution in [-0.2, 0) is 14.3 Å². The van der Waals surface area contributed by atoms with Crippen LogP contribution in [0.15, 0.2) is 11.6 Å². The van der Waals surface area contributed by atoms with E-state index >= 15 is 0 Å². The van der Waals surface area contributed by atoms with E-state index in [4.69, 9.17) is 4.74 Å². The van der Waals surface area contributed by atoms with Crippen molar-refractivity contribution in [1.29, 1.82) is 0 Å². The highest BCUT2D eigenvalue weighted by Gasteiger charge is 2.12. The molecule has 1 atom stereocenters. The summed E-state index contributed by atoms with van der Waals surface area (Å²) in [6.07, 6.45) is 1.84. The maximum Gasteiger partial charge on any atom is 0.333 e. The van der Waals surface area contributed by atoms with Gasteiger partial charge in [0.25, 0.3) is 0 Å². The van der Waals surface area contributed by atoms with Crippen LogP contribution in [0, 0.1) is 0 Å². The molecular weight excluding hydrogens is 170 g/mol. The Kier molecular flexibility index (Phi) is 3.92. The number of morpholine rings is 1. The SMILES string of the molecule is COC(=O)/C(C)=C/C1COCCN1.